The first-order valence-electron chi connectivity index (χ1n) is 6.26. The summed E-state index contributed by atoms with van der Waals surface area (Å²) in [6, 6.07) is 0.744. The van der Waals surface area contributed by atoms with Crippen molar-refractivity contribution in [2.45, 2.75) is 18.9 Å². The molecule has 0 unspecified atom stereocenters. The Bertz CT molecular complexity index is 233. The zero-order valence-electron chi connectivity index (χ0n) is 11.9. The van der Waals surface area contributed by atoms with E-state index in [9.17, 15) is 4.79 Å². The normalized spacial score (nSPS) is 11.6. The van der Waals surface area contributed by atoms with Crippen molar-refractivity contribution in [3.8, 4) is 0 Å². The Balaban J connectivity index is 3.56. The van der Waals surface area contributed by atoms with Gasteiger partial charge in [-0.25, -0.2) is 0 Å². The van der Waals surface area contributed by atoms with Gasteiger partial charge in [-0.2, -0.15) is 12.6 Å². The van der Waals surface area contributed by atoms with Crippen molar-refractivity contribution in [3.05, 3.63) is 0 Å². The maximum Gasteiger partial charge on any atom is 0.500 e. The minimum absolute atomic E-state index is 0.198. The van der Waals surface area contributed by atoms with Gasteiger partial charge in [0.1, 0.15) is 6.61 Å². The molecule has 1 N–H and O–H groups in total. The average Bonchev–Trinajstić information content (AvgIpc) is 2.45. The average molecular weight is 311 g/mol. The third-order valence-corrected chi connectivity index (χ3v) is 5.64. The topological polar surface area (TPSA) is 66.0 Å². The van der Waals surface area contributed by atoms with Gasteiger partial charge in [0.05, 0.1) is 6.42 Å². The number of carbonyl (C=O) groups is 1. The van der Waals surface area contributed by atoms with Crippen molar-refractivity contribution in [1.82, 2.24) is 5.32 Å². The van der Waals surface area contributed by atoms with E-state index < -0.39 is 8.80 Å². The van der Waals surface area contributed by atoms with E-state index in [0.717, 1.165) is 19.0 Å². The molecule has 114 valence electrons. The number of rotatable bonds is 12. The fraction of sp³-hybridized carbons (Fsp3) is 0.909. The van der Waals surface area contributed by atoms with Crippen LogP contribution < -0.4 is 5.32 Å². The number of ether oxygens (including phenoxy) is 1. The summed E-state index contributed by atoms with van der Waals surface area (Å²) in [4.78, 5) is 11.2. The Morgan fingerprint density at radius 3 is 2.32 bits per heavy atom. The van der Waals surface area contributed by atoms with Gasteiger partial charge >= 0.3 is 14.8 Å². The molecule has 0 saturated heterocycles. The molecule has 0 amide bonds. The number of nitrogens with one attached hydrogen (secondary N) is 1. The predicted molar refractivity (Wildman–Crippen MR) is 78.5 cm³/mol. The molecule has 0 aliphatic carbocycles. The van der Waals surface area contributed by atoms with Crippen LogP contribution in [0.2, 0.25) is 6.04 Å². The Morgan fingerprint density at radius 1 is 1.16 bits per heavy atom. The first-order chi connectivity index (χ1) is 9.14. The fourth-order valence-corrected chi connectivity index (χ4v) is 3.35. The van der Waals surface area contributed by atoms with Crippen molar-refractivity contribution >= 4 is 27.4 Å². The van der Waals surface area contributed by atoms with Crippen LogP contribution in [0.25, 0.3) is 0 Å². The van der Waals surface area contributed by atoms with E-state index in [1.807, 2.05) is 0 Å². The number of hydrogen-bond acceptors (Lipinski definition) is 7. The lowest BCUT2D eigenvalue weighted by atomic mass is 10.4. The molecule has 0 aliphatic rings. The van der Waals surface area contributed by atoms with Gasteiger partial charge in [-0.3, -0.25) is 4.79 Å². The van der Waals surface area contributed by atoms with Crippen LogP contribution in [-0.2, 0) is 22.8 Å². The van der Waals surface area contributed by atoms with Gasteiger partial charge in [0.25, 0.3) is 0 Å². The summed E-state index contributed by atoms with van der Waals surface area (Å²) >= 11 is 3.96. The Morgan fingerprint density at radius 2 is 1.79 bits per heavy atom. The van der Waals surface area contributed by atoms with Gasteiger partial charge in [0, 0.05) is 39.7 Å². The molecule has 0 aromatic rings. The standard InChI is InChI=1S/C11H25NO5SSi/c1-14-19(15-2,16-3)10-4-6-12-7-5-11(13)17-8-9-18/h12,18H,4-10H2,1-3H3. The minimum atomic E-state index is -2.46. The van der Waals surface area contributed by atoms with Crippen molar-refractivity contribution in [3.63, 3.8) is 0 Å². The molecule has 0 atom stereocenters. The van der Waals surface area contributed by atoms with E-state index in [-0.39, 0.29) is 5.97 Å². The number of thiol groups is 1. The smallest absolute Gasteiger partial charge is 0.465 e. The summed E-state index contributed by atoms with van der Waals surface area (Å²) in [6.07, 6.45) is 1.24. The molecule has 0 heterocycles. The summed E-state index contributed by atoms with van der Waals surface area (Å²) in [5, 5.41) is 3.17. The van der Waals surface area contributed by atoms with Crippen LogP contribution in [0.1, 0.15) is 12.8 Å². The van der Waals surface area contributed by atoms with Crippen LogP contribution >= 0.6 is 12.6 Å². The van der Waals surface area contributed by atoms with Crippen molar-refractivity contribution in [2.24, 2.45) is 0 Å². The summed E-state index contributed by atoms with van der Waals surface area (Å²) in [5.74, 6) is 0.354. The molecule has 0 spiro atoms. The number of hydrogen-bond donors (Lipinski definition) is 2. The summed E-state index contributed by atoms with van der Waals surface area (Å²) < 4.78 is 20.8. The van der Waals surface area contributed by atoms with E-state index in [2.05, 4.69) is 17.9 Å². The Kier molecular flexibility index (Phi) is 11.6. The number of esters is 1. The highest BCUT2D eigenvalue weighted by atomic mass is 32.1. The Hall–Kier alpha value is -0.123. The monoisotopic (exact) mass is 311 g/mol. The first kappa shape index (κ1) is 18.9. The second-order valence-electron chi connectivity index (χ2n) is 3.84. The zero-order chi connectivity index (χ0) is 14.6. The second-order valence-corrected chi connectivity index (χ2v) is 7.38. The highest BCUT2D eigenvalue weighted by Gasteiger charge is 2.36. The van der Waals surface area contributed by atoms with E-state index in [1.54, 1.807) is 21.3 Å². The molecular formula is C11H25NO5SSi. The molecule has 0 fully saturated rings. The molecular weight excluding hydrogens is 286 g/mol. The lowest BCUT2D eigenvalue weighted by Gasteiger charge is -2.24. The molecule has 0 rings (SSSR count). The van der Waals surface area contributed by atoms with E-state index in [4.69, 9.17) is 18.0 Å². The third kappa shape index (κ3) is 8.61. The molecule has 0 saturated carbocycles. The summed E-state index contributed by atoms with van der Waals surface area (Å²) in [7, 11) is 2.35. The van der Waals surface area contributed by atoms with Crippen LogP contribution in [0.5, 0.6) is 0 Å². The summed E-state index contributed by atoms with van der Waals surface area (Å²) in [6.45, 7) is 1.75. The lowest BCUT2D eigenvalue weighted by Crippen LogP contribution is -2.43. The van der Waals surface area contributed by atoms with Crippen molar-refractivity contribution in [2.75, 3.05) is 46.8 Å². The van der Waals surface area contributed by atoms with E-state index in [0.29, 0.717) is 25.3 Å². The van der Waals surface area contributed by atoms with Crippen molar-refractivity contribution in [1.29, 1.82) is 0 Å². The molecule has 6 nitrogen and oxygen atoms in total. The van der Waals surface area contributed by atoms with Crippen LogP contribution in [-0.4, -0.2) is 61.6 Å². The van der Waals surface area contributed by atoms with Crippen LogP contribution in [0.3, 0.4) is 0 Å². The molecule has 8 heteroatoms. The largest absolute Gasteiger partial charge is 0.500 e. The quantitative estimate of drug-likeness (QED) is 0.239. The third-order valence-electron chi connectivity index (χ3n) is 2.63. The fourth-order valence-electron chi connectivity index (χ4n) is 1.53. The summed E-state index contributed by atoms with van der Waals surface area (Å²) in [5.41, 5.74) is 0. The van der Waals surface area contributed by atoms with Crippen LogP contribution in [0.15, 0.2) is 0 Å². The molecule has 0 bridgehead atoms. The van der Waals surface area contributed by atoms with Crippen molar-refractivity contribution < 1.29 is 22.8 Å². The zero-order valence-corrected chi connectivity index (χ0v) is 13.8. The maximum atomic E-state index is 11.2. The van der Waals surface area contributed by atoms with Crippen LogP contribution in [0, 0.1) is 0 Å². The van der Waals surface area contributed by atoms with E-state index in [1.165, 1.54) is 0 Å². The SMILES string of the molecule is CO[Si](CCCNCCC(=O)OCCS)(OC)OC. The lowest BCUT2D eigenvalue weighted by molar-refractivity contribution is -0.142. The number of carbonyl (C=O) groups excluding carboxylic acids is 1. The molecule has 19 heavy (non-hydrogen) atoms. The van der Waals surface area contributed by atoms with Gasteiger partial charge in [-0.05, 0) is 13.0 Å². The van der Waals surface area contributed by atoms with Gasteiger partial charge in [-0.1, -0.05) is 0 Å². The molecule has 0 aromatic carbocycles. The van der Waals surface area contributed by atoms with Gasteiger partial charge in [-0.15, -0.1) is 0 Å². The highest BCUT2D eigenvalue weighted by Crippen LogP contribution is 2.14. The van der Waals surface area contributed by atoms with E-state index >= 15 is 0 Å². The van der Waals surface area contributed by atoms with Gasteiger partial charge in [0.15, 0.2) is 0 Å². The first-order valence-corrected chi connectivity index (χ1v) is 8.83. The Labute approximate surface area is 121 Å². The van der Waals surface area contributed by atoms with Gasteiger partial charge in [0.2, 0.25) is 0 Å². The molecule has 0 aromatic heterocycles. The second kappa shape index (κ2) is 11.7. The maximum absolute atomic E-state index is 11.2. The van der Waals surface area contributed by atoms with Gasteiger partial charge < -0.3 is 23.3 Å². The molecule has 0 radical (unpaired) electrons. The highest BCUT2D eigenvalue weighted by molar-refractivity contribution is 7.80. The van der Waals surface area contributed by atoms with Crippen LogP contribution in [0.4, 0.5) is 0 Å². The minimum Gasteiger partial charge on any atom is -0.465 e. The predicted octanol–water partition coefficient (Wildman–Crippen LogP) is 0.707. The molecule has 0 aliphatic heterocycles.